The van der Waals surface area contributed by atoms with Crippen LogP contribution in [0.5, 0.6) is 0 Å². The van der Waals surface area contributed by atoms with E-state index in [1.54, 1.807) is 0 Å². The second kappa shape index (κ2) is 14.0. The van der Waals surface area contributed by atoms with Crippen molar-refractivity contribution < 1.29 is 34.4 Å². The average Bonchev–Trinajstić information content (AvgIpc) is 2.71. The van der Waals surface area contributed by atoms with Gasteiger partial charge in [-0.3, -0.25) is 14.9 Å². The first-order chi connectivity index (χ1) is 15.1. The van der Waals surface area contributed by atoms with Gasteiger partial charge in [-0.1, -0.05) is 32.6 Å². The van der Waals surface area contributed by atoms with Gasteiger partial charge in [0.15, 0.2) is 0 Å². The van der Waals surface area contributed by atoms with E-state index >= 15 is 0 Å². The molecule has 0 aliphatic carbocycles. The number of nitrogens with one attached hydrogen (secondary N) is 3. The monoisotopic (exact) mass is 459 g/mol. The summed E-state index contributed by atoms with van der Waals surface area (Å²) >= 11 is 0. The largest absolute Gasteiger partial charge is 0.479 e. The van der Waals surface area contributed by atoms with Crippen LogP contribution in [0.15, 0.2) is 11.8 Å². The van der Waals surface area contributed by atoms with Crippen LogP contribution in [0.1, 0.15) is 52.4 Å². The number of rotatable bonds is 14. The van der Waals surface area contributed by atoms with Crippen LogP contribution in [-0.4, -0.2) is 76.3 Å². The lowest BCUT2D eigenvalue weighted by Gasteiger charge is -2.42. The lowest BCUT2D eigenvalue weighted by molar-refractivity contribution is -0.141. The van der Waals surface area contributed by atoms with E-state index < -0.39 is 66.8 Å². The number of aliphatic hydroxyl groups is 2. The van der Waals surface area contributed by atoms with Gasteiger partial charge in [0.05, 0.1) is 24.7 Å². The van der Waals surface area contributed by atoms with Crippen LogP contribution in [-0.2, 0) is 19.1 Å². The fourth-order valence-electron chi connectivity index (χ4n) is 3.59. The van der Waals surface area contributed by atoms with Crippen molar-refractivity contribution in [3.63, 3.8) is 0 Å². The van der Waals surface area contributed by atoms with E-state index in [9.17, 15) is 29.7 Å². The second-order valence-electron chi connectivity index (χ2n) is 7.87. The number of ether oxygens (including phenoxy) is 1. The number of carboxylic acids is 1. The maximum atomic E-state index is 12.5. The van der Waals surface area contributed by atoms with Crippen molar-refractivity contribution in [2.45, 2.75) is 89.0 Å². The van der Waals surface area contributed by atoms with Crippen LogP contribution in [0.4, 0.5) is 0 Å². The van der Waals surface area contributed by atoms with E-state index in [1.165, 1.54) is 13.0 Å². The van der Waals surface area contributed by atoms with Crippen molar-refractivity contribution in [1.82, 2.24) is 16.0 Å². The summed E-state index contributed by atoms with van der Waals surface area (Å²) in [5, 5.41) is 37.4. The first-order valence-electron chi connectivity index (χ1n) is 10.8. The molecule has 184 valence electrons. The van der Waals surface area contributed by atoms with Crippen LogP contribution in [0, 0.1) is 0 Å². The fraction of sp³-hybridized carbons (Fsp3) is 0.750. The SMILES string of the molecule is CCCCCCCC(=O)NC(C(O)CO)C1OC(C(=O)O)=CC(NC(N)N)C1NC(C)=O. The number of hydrogen-bond acceptors (Lipinski definition) is 9. The molecule has 0 aromatic rings. The van der Waals surface area contributed by atoms with Crippen molar-refractivity contribution in [3.05, 3.63) is 11.8 Å². The maximum absolute atomic E-state index is 12.5. The molecule has 0 spiro atoms. The van der Waals surface area contributed by atoms with Gasteiger partial charge in [-0.15, -0.1) is 0 Å². The predicted molar refractivity (Wildman–Crippen MR) is 116 cm³/mol. The normalized spacial score (nSPS) is 22.5. The first kappa shape index (κ1) is 27.8. The Labute approximate surface area is 187 Å². The van der Waals surface area contributed by atoms with Gasteiger partial charge in [0.1, 0.15) is 18.5 Å². The number of aliphatic carboxylic acids is 1. The van der Waals surface area contributed by atoms with Gasteiger partial charge in [-0.05, 0) is 12.5 Å². The smallest absolute Gasteiger partial charge is 0.370 e. The first-order valence-corrected chi connectivity index (χ1v) is 10.8. The summed E-state index contributed by atoms with van der Waals surface area (Å²) < 4.78 is 5.56. The molecule has 12 nitrogen and oxygen atoms in total. The molecule has 0 saturated carbocycles. The number of carbonyl (C=O) groups is 3. The minimum Gasteiger partial charge on any atom is -0.479 e. The van der Waals surface area contributed by atoms with Gasteiger partial charge in [-0.25, -0.2) is 4.79 Å². The highest BCUT2D eigenvalue weighted by Gasteiger charge is 2.44. The van der Waals surface area contributed by atoms with E-state index in [0.29, 0.717) is 6.42 Å². The van der Waals surface area contributed by atoms with Gasteiger partial charge in [-0.2, -0.15) is 0 Å². The average molecular weight is 460 g/mol. The summed E-state index contributed by atoms with van der Waals surface area (Å²) in [4.78, 5) is 35.9. The number of aliphatic hydroxyl groups excluding tert-OH is 2. The number of amides is 2. The van der Waals surface area contributed by atoms with Gasteiger partial charge >= 0.3 is 5.97 Å². The van der Waals surface area contributed by atoms with Crippen LogP contribution in [0.2, 0.25) is 0 Å². The zero-order chi connectivity index (χ0) is 24.3. The van der Waals surface area contributed by atoms with Crippen molar-refractivity contribution in [1.29, 1.82) is 0 Å². The molecule has 2 amide bonds. The van der Waals surface area contributed by atoms with Crippen LogP contribution in [0.25, 0.3) is 0 Å². The van der Waals surface area contributed by atoms with E-state index in [-0.39, 0.29) is 6.42 Å². The summed E-state index contributed by atoms with van der Waals surface area (Å²) in [6.07, 6.45) is 2.26. The Morgan fingerprint density at radius 1 is 1.19 bits per heavy atom. The quantitative estimate of drug-likeness (QED) is 0.108. The van der Waals surface area contributed by atoms with Crippen molar-refractivity contribution >= 4 is 17.8 Å². The molecule has 32 heavy (non-hydrogen) atoms. The summed E-state index contributed by atoms with van der Waals surface area (Å²) in [5.41, 5.74) is 11.2. The third-order valence-corrected chi connectivity index (χ3v) is 5.09. The van der Waals surface area contributed by atoms with E-state index in [1.807, 2.05) is 0 Å². The zero-order valence-corrected chi connectivity index (χ0v) is 18.6. The molecule has 10 N–H and O–H groups in total. The molecular formula is C20H37N5O7. The number of carbonyl (C=O) groups excluding carboxylic acids is 2. The Hall–Kier alpha value is -2.25. The van der Waals surface area contributed by atoms with Crippen molar-refractivity contribution in [2.24, 2.45) is 11.5 Å². The lowest BCUT2D eigenvalue weighted by atomic mass is 9.90. The van der Waals surface area contributed by atoms with Crippen molar-refractivity contribution in [2.75, 3.05) is 6.61 Å². The molecule has 0 radical (unpaired) electrons. The number of unbranched alkanes of at least 4 members (excludes halogenated alkanes) is 4. The van der Waals surface area contributed by atoms with Gasteiger partial charge in [0, 0.05) is 13.3 Å². The molecule has 0 fully saturated rings. The molecule has 0 bridgehead atoms. The highest BCUT2D eigenvalue weighted by molar-refractivity contribution is 5.85. The summed E-state index contributed by atoms with van der Waals surface area (Å²) in [5.74, 6) is -2.73. The van der Waals surface area contributed by atoms with Gasteiger partial charge in [0.2, 0.25) is 17.6 Å². The molecule has 1 rings (SSSR count). The third kappa shape index (κ3) is 9.09. The summed E-state index contributed by atoms with van der Waals surface area (Å²) in [6, 6.07) is -3.06. The number of nitrogens with two attached hydrogens (primary N) is 2. The molecule has 0 aromatic carbocycles. The van der Waals surface area contributed by atoms with Gasteiger partial charge in [0.25, 0.3) is 0 Å². The Balaban J connectivity index is 3.13. The van der Waals surface area contributed by atoms with Crippen LogP contribution >= 0.6 is 0 Å². The highest BCUT2D eigenvalue weighted by Crippen LogP contribution is 2.23. The highest BCUT2D eigenvalue weighted by atomic mass is 16.5. The maximum Gasteiger partial charge on any atom is 0.370 e. The fourth-order valence-corrected chi connectivity index (χ4v) is 3.59. The van der Waals surface area contributed by atoms with E-state index in [4.69, 9.17) is 16.2 Å². The minimum absolute atomic E-state index is 0.187. The second-order valence-corrected chi connectivity index (χ2v) is 7.87. The molecule has 5 unspecified atom stereocenters. The lowest BCUT2D eigenvalue weighted by Crippen LogP contribution is -2.68. The van der Waals surface area contributed by atoms with Crippen LogP contribution in [0.3, 0.4) is 0 Å². The topological polar surface area (TPSA) is 209 Å². The Kier molecular flexibility index (Phi) is 12.2. The Morgan fingerprint density at radius 3 is 2.38 bits per heavy atom. The molecule has 12 heteroatoms. The molecule has 0 saturated heterocycles. The zero-order valence-electron chi connectivity index (χ0n) is 18.6. The molecule has 1 aliphatic heterocycles. The number of hydrogen-bond donors (Lipinski definition) is 8. The van der Waals surface area contributed by atoms with E-state index in [0.717, 1.165) is 25.7 Å². The molecule has 0 aromatic heterocycles. The molecule has 1 heterocycles. The standard InChI is InChI=1S/C20H37N5O7/c1-3-4-5-6-7-8-15(29)25-17(13(28)10-26)18-16(23-11(2)27)12(24-20(21)22)9-14(32-18)19(30)31/h9,12-13,16-18,20,24,26,28H,3-8,10,21-22H2,1-2H3,(H,23,27)(H,25,29)(H,30,31). The summed E-state index contributed by atoms with van der Waals surface area (Å²) in [7, 11) is 0. The van der Waals surface area contributed by atoms with Crippen LogP contribution < -0.4 is 27.4 Å². The molecule has 1 aliphatic rings. The van der Waals surface area contributed by atoms with Crippen molar-refractivity contribution in [3.8, 4) is 0 Å². The minimum atomic E-state index is -1.49. The Bertz CT molecular complexity index is 658. The third-order valence-electron chi connectivity index (χ3n) is 5.09. The van der Waals surface area contributed by atoms with Gasteiger partial charge < -0.3 is 42.2 Å². The Morgan fingerprint density at radius 2 is 1.84 bits per heavy atom. The number of carboxylic acid groups (broad SMARTS) is 1. The summed E-state index contributed by atoms with van der Waals surface area (Å²) in [6.45, 7) is 2.61. The predicted octanol–water partition coefficient (Wildman–Crippen LogP) is -1.78. The molecular weight excluding hydrogens is 422 g/mol. The molecule has 5 atom stereocenters. The van der Waals surface area contributed by atoms with E-state index in [2.05, 4.69) is 22.9 Å².